The van der Waals surface area contributed by atoms with E-state index in [9.17, 15) is 4.79 Å². The van der Waals surface area contributed by atoms with Crippen LogP contribution in [0.25, 0.3) is 0 Å². The lowest BCUT2D eigenvalue weighted by molar-refractivity contribution is -0.121. The number of hydrogen-bond acceptors (Lipinski definition) is 3. The fourth-order valence-electron chi connectivity index (χ4n) is 2.70. The second-order valence-electron chi connectivity index (χ2n) is 6.80. The summed E-state index contributed by atoms with van der Waals surface area (Å²) in [4.78, 5) is 14.4. The van der Waals surface area contributed by atoms with Crippen LogP contribution in [0.15, 0.2) is 0 Å². The quantitative estimate of drug-likeness (QED) is 0.732. The summed E-state index contributed by atoms with van der Waals surface area (Å²) < 4.78 is 0. The van der Waals surface area contributed by atoms with Crippen LogP contribution in [0.4, 0.5) is 0 Å². The molecule has 1 atom stereocenters. The minimum atomic E-state index is -0.0884. The molecule has 4 heteroatoms. The zero-order chi connectivity index (χ0) is 13.9. The second kappa shape index (κ2) is 6.23. The Morgan fingerprint density at radius 3 is 2.68 bits per heavy atom. The first-order valence-corrected chi connectivity index (χ1v) is 7.76. The third-order valence-corrected chi connectivity index (χ3v) is 4.46. The van der Waals surface area contributed by atoms with Gasteiger partial charge >= 0.3 is 0 Å². The van der Waals surface area contributed by atoms with Crippen LogP contribution in [0, 0.1) is 5.92 Å². The summed E-state index contributed by atoms with van der Waals surface area (Å²) in [6, 6.07) is 0.888. The Bertz CT molecular complexity index is 313. The van der Waals surface area contributed by atoms with Gasteiger partial charge in [0.25, 0.3) is 0 Å². The molecule has 2 rings (SSSR count). The first-order chi connectivity index (χ1) is 9.00. The number of nitrogens with zero attached hydrogens (tertiary/aromatic N) is 1. The first kappa shape index (κ1) is 14.8. The predicted octanol–water partition coefficient (Wildman–Crippen LogP) is 1.37. The largest absolute Gasteiger partial charge is 0.350 e. The normalized spacial score (nSPS) is 24.7. The molecule has 2 aliphatic rings. The van der Waals surface area contributed by atoms with Crippen molar-refractivity contribution in [2.24, 2.45) is 5.92 Å². The number of hydrogen-bond donors (Lipinski definition) is 2. The minimum Gasteiger partial charge on any atom is -0.350 e. The Balaban J connectivity index is 1.57. The van der Waals surface area contributed by atoms with E-state index < -0.39 is 0 Å². The Hall–Kier alpha value is -0.610. The molecule has 2 fully saturated rings. The number of amides is 1. The Morgan fingerprint density at radius 1 is 1.32 bits per heavy atom. The van der Waals surface area contributed by atoms with E-state index >= 15 is 0 Å². The Morgan fingerprint density at radius 2 is 2.05 bits per heavy atom. The monoisotopic (exact) mass is 267 g/mol. The number of nitrogens with one attached hydrogen (secondary N) is 2. The van der Waals surface area contributed by atoms with Gasteiger partial charge in [-0.1, -0.05) is 6.92 Å². The van der Waals surface area contributed by atoms with Crippen LogP contribution in [-0.2, 0) is 4.79 Å². The maximum Gasteiger partial charge on any atom is 0.234 e. The highest BCUT2D eigenvalue weighted by molar-refractivity contribution is 5.78. The van der Waals surface area contributed by atoms with Crippen LogP contribution < -0.4 is 10.6 Å². The highest BCUT2D eigenvalue weighted by Crippen LogP contribution is 2.31. The molecular weight excluding hydrogens is 238 g/mol. The molecule has 19 heavy (non-hydrogen) atoms. The molecule has 2 N–H and O–H groups in total. The van der Waals surface area contributed by atoms with Crippen LogP contribution in [0.5, 0.6) is 0 Å². The summed E-state index contributed by atoms with van der Waals surface area (Å²) in [6.07, 6.45) is 5.03. The summed E-state index contributed by atoms with van der Waals surface area (Å²) >= 11 is 0. The van der Waals surface area contributed by atoms with Gasteiger partial charge in [0.15, 0.2) is 0 Å². The molecule has 4 nitrogen and oxygen atoms in total. The molecule has 1 aliphatic heterocycles. The summed E-state index contributed by atoms with van der Waals surface area (Å²) in [7, 11) is 0. The highest BCUT2D eigenvalue weighted by Gasteiger charge is 2.34. The fraction of sp³-hybridized carbons (Fsp3) is 0.933. The van der Waals surface area contributed by atoms with Crippen molar-refractivity contribution in [2.75, 3.05) is 26.2 Å². The third-order valence-electron chi connectivity index (χ3n) is 4.46. The van der Waals surface area contributed by atoms with E-state index in [0.717, 1.165) is 24.9 Å². The van der Waals surface area contributed by atoms with Crippen molar-refractivity contribution in [1.82, 2.24) is 15.5 Å². The highest BCUT2D eigenvalue weighted by atomic mass is 16.2. The third kappa shape index (κ3) is 4.77. The Kier molecular flexibility index (Phi) is 4.85. The van der Waals surface area contributed by atoms with Crippen molar-refractivity contribution in [2.45, 2.75) is 58.0 Å². The van der Waals surface area contributed by atoms with Crippen molar-refractivity contribution in [3.63, 3.8) is 0 Å². The van der Waals surface area contributed by atoms with Gasteiger partial charge in [-0.2, -0.15) is 0 Å². The molecule has 0 aromatic carbocycles. The van der Waals surface area contributed by atoms with Crippen molar-refractivity contribution in [3.05, 3.63) is 0 Å². The van der Waals surface area contributed by atoms with E-state index in [-0.39, 0.29) is 11.4 Å². The van der Waals surface area contributed by atoms with Crippen LogP contribution in [0.2, 0.25) is 0 Å². The van der Waals surface area contributed by atoms with Gasteiger partial charge in [0, 0.05) is 18.1 Å². The van der Waals surface area contributed by atoms with Gasteiger partial charge in [-0.25, -0.2) is 0 Å². The van der Waals surface area contributed by atoms with Gasteiger partial charge in [-0.3, -0.25) is 4.79 Å². The number of rotatable bonds is 7. The van der Waals surface area contributed by atoms with Gasteiger partial charge in [0.05, 0.1) is 6.54 Å². The molecule has 1 unspecified atom stereocenters. The molecule has 0 bridgehead atoms. The summed E-state index contributed by atoms with van der Waals surface area (Å²) in [6.45, 7) is 10.1. The molecule has 0 radical (unpaired) electrons. The molecule has 0 spiro atoms. The van der Waals surface area contributed by atoms with Crippen molar-refractivity contribution >= 4 is 5.91 Å². The fourth-order valence-corrected chi connectivity index (χ4v) is 2.70. The second-order valence-corrected chi connectivity index (χ2v) is 6.80. The van der Waals surface area contributed by atoms with Gasteiger partial charge < -0.3 is 15.5 Å². The molecule has 1 aliphatic carbocycles. The SMILES string of the molecule is CCC(C)(C)NC(=O)CNCC1CCN(C2CC2)C1. The van der Waals surface area contributed by atoms with Gasteiger partial charge in [0.2, 0.25) is 5.91 Å². The molecule has 0 aromatic rings. The summed E-state index contributed by atoms with van der Waals surface area (Å²) in [5.41, 5.74) is -0.0884. The van der Waals surface area contributed by atoms with Crippen LogP contribution in [-0.4, -0.2) is 48.6 Å². The van der Waals surface area contributed by atoms with Crippen LogP contribution in [0.3, 0.4) is 0 Å². The summed E-state index contributed by atoms with van der Waals surface area (Å²) in [5, 5.41) is 6.37. The van der Waals surface area contributed by atoms with E-state index in [1.54, 1.807) is 0 Å². The van der Waals surface area contributed by atoms with Gasteiger partial charge in [-0.15, -0.1) is 0 Å². The van der Waals surface area contributed by atoms with Gasteiger partial charge in [-0.05, 0) is 58.5 Å². The maximum atomic E-state index is 11.8. The summed E-state index contributed by atoms with van der Waals surface area (Å²) in [5.74, 6) is 0.844. The van der Waals surface area contributed by atoms with E-state index in [1.165, 1.54) is 32.4 Å². The lowest BCUT2D eigenvalue weighted by atomic mass is 10.0. The lowest BCUT2D eigenvalue weighted by Crippen LogP contribution is -2.47. The lowest BCUT2D eigenvalue weighted by Gasteiger charge is -2.24. The molecule has 1 amide bonds. The number of carbonyl (C=O) groups is 1. The topological polar surface area (TPSA) is 44.4 Å². The molecule has 1 saturated heterocycles. The van der Waals surface area contributed by atoms with E-state index in [4.69, 9.17) is 0 Å². The predicted molar refractivity (Wildman–Crippen MR) is 78.1 cm³/mol. The number of likely N-dealkylation sites (tertiary alicyclic amines) is 1. The zero-order valence-electron chi connectivity index (χ0n) is 12.7. The van der Waals surface area contributed by atoms with Gasteiger partial charge in [0.1, 0.15) is 0 Å². The minimum absolute atomic E-state index is 0.0884. The first-order valence-electron chi connectivity index (χ1n) is 7.76. The zero-order valence-corrected chi connectivity index (χ0v) is 12.7. The van der Waals surface area contributed by atoms with E-state index in [0.29, 0.717) is 6.54 Å². The van der Waals surface area contributed by atoms with Crippen LogP contribution >= 0.6 is 0 Å². The smallest absolute Gasteiger partial charge is 0.234 e. The van der Waals surface area contributed by atoms with E-state index in [1.807, 2.05) is 0 Å². The maximum absolute atomic E-state index is 11.8. The Labute approximate surface area is 117 Å². The molecule has 0 aromatic heterocycles. The number of carbonyl (C=O) groups excluding carboxylic acids is 1. The van der Waals surface area contributed by atoms with E-state index in [2.05, 4.69) is 36.3 Å². The average molecular weight is 267 g/mol. The van der Waals surface area contributed by atoms with Crippen molar-refractivity contribution in [1.29, 1.82) is 0 Å². The molecule has 110 valence electrons. The van der Waals surface area contributed by atoms with Crippen molar-refractivity contribution < 1.29 is 4.79 Å². The molecular formula is C15H29N3O. The van der Waals surface area contributed by atoms with Crippen LogP contribution in [0.1, 0.15) is 46.5 Å². The van der Waals surface area contributed by atoms with Crippen molar-refractivity contribution in [3.8, 4) is 0 Å². The molecule has 1 saturated carbocycles. The standard InChI is InChI=1S/C15H29N3O/c1-4-15(2,3)17-14(19)10-16-9-12-7-8-18(11-12)13-5-6-13/h12-13,16H,4-11H2,1-3H3,(H,17,19). The average Bonchev–Trinajstić information content (AvgIpc) is 3.09. The molecule has 1 heterocycles.